The van der Waals surface area contributed by atoms with Crippen molar-refractivity contribution in [2.45, 2.75) is 57.3 Å². The summed E-state index contributed by atoms with van der Waals surface area (Å²) in [6.07, 6.45) is 18.8. The maximum Gasteiger partial charge on any atom is 0.410 e. The molecule has 12 nitrogen and oxygen atoms in total. The van der Waals surface area contributed by atoms with E-state index in [-0.39, 0.29) is 17.1 Å². The van der Waals surface area contributed by atoms with Crippen molar-refractivity contribution < 1.29 is 22.7 Å². The first-order valence-corrected chi connectivity index (χ1v) is 17.8. The number of H-pyrrole nitrogens is 1. The lowest BCUT2D eigenvalue weighted by Crippen LogP contribution is -2.44. The number of sulfone groups is 1. The minimum Gasteiger partial charge on any atom is -0.474 e. The number of carbonyl (C=O) groups excluding carboxylic acids is 1. The average Bonchev–Trinajstić information content (AvgIpc) is 3.83. The maximum atomic E-state index is 13.3. The number of ether oxygens (including phenoxy) is 2. The predicted octanol–water partition coefficient (Wildman–Crippen LogP) is 3.09. The minimum atomic E-state index is -3.72. The van der Waals surface area contributed by atoms with Gasteiger partial charge >= 0.3 is 6.09 Å². The third-order valence-corrected chi connectivity index (χ3v) is 9.56. The summed E-state index contributed by atoms with van der Waals surface area (Å²) in [5.41, 5.74) is 1.93. The maximum absolute atomic E-state index is 13.3. The summed E-state index contributed by atoms with van der Waals surface area (Å²) in [5, 5.41) is 5.22. The van der Waals surface area contributed by atoms with E-state index in [0.717, 1.165) is 16.4 Å². The van der Waals surface area contributed by atoms with E-state index in [1.165, 1.54) is 12.6 Å². The van der Waals surface area contributed by atoms with E-state index in [9.17, 15) is 13.2 Å². The zero-order valence-corrected chi connectivity index (χ0v) is 28.0. The number of nitrogens with one attached hydrogen (secondary N) is 2. The molecule has 2 aromatic heterocycles. The van der Waals surface area contributed by atoms with E-state index >= 15 is 0 Å². The monoisotopic (exact) mass is 667 g/mol. The number of aromatic nitrogens is 3. The fourth-order valence-electron chi connectivity index (χ4n) is 6.23. The van der Waals surface area contributed by atoms with Crippen molar-refractivity contribution in [2.24, 2.45) is 9.98 Å². The first-order valence-electron chi connectivity index (χ1n) is 15.9. The molecule has 7 heterocycles. The van der Waals surface area contributed by atoms with Gasteiger partial charge in [0.2, 0.25) is 5.88 Å². The van der Waals surface area contributed by atoms with Crippen LogP contribution in [-0.4, -0.2) is 76.8 Å². The Morgan fingerprint density at radius 2 is 1.71 bits per heavy atom. The molecule has 5 aliphatic heterocycles. The molecule has 8 bridgehead atoms. The Morgan fingerprint density at radius 1 is 1.00 bits per heavy atom. The highest BCUT2D eigenvalue weighted by Gasteiger charge is 2.40. The summed E-state index contributed by atoms with van der Waals surface area (Å²) in [5.74, 6) is 0.387. The standard InChI is InChI=1S/C35H37N7O5S/c1-34(2,3)47-33(43)42-15-12-27(13-16-42)46-31-19-30(36-21-37-31)35-14-11-29(41-35)32(48(4,44)45)28-10-9-25(40-28)18-23-6-5-22(38-23)17-24-7-8-26(20-35)39-24/h5-11,17-21,27,38,41H,12-16H2,1-4H3. The van der Waals surface area contributed by atoms with Gasteiger partial charge in [-0.05, 0) is 75.4 Å². The molecular weight excluding hydrogens is 630 g/mol. The van der Waals surface area contributed by atoms with Gasteiger partial charge in [0.25, 0.3) is 0 Å². The van der Waals surface area contributed by atoms with E-state index in [4.69, 9.17) is 14.5 Å². The minimum absolute atomic E-state index is 0.100. The number of rotatable bonds is 4. The third-order valence-electron chi connectivity index (χ3n) is 8.39. The molecule has 7 rings (SSSR count). The number of allylic oxidation sites excluding steroid dienone is 4. The summed E-state index contributed by atoms with van der Waals surface area (Å²) >= 11 is 0. The second-order valence-electron chi connectivity index (χ2n) is 13.4. The molecule has 0 aromatic carbocycles. The number of aromatic amines is 1. The van der Waals surface area contributed by atoms with E-state index in [0.29, 0.717) is 66.7 Å². The van der Waals surface area contributed by atoms with Crippen LogP contribution in [0.1, 0.15) is 45.7 Å². The smallest absolute Gasteiger partial charge is 0.410 e. The van der Waals surface area contributed by atoms with E-state index in [1.54, 1.807) is 23.1 Å². The number of piperidine rings is 1. The second-order valence-corrected chi connectivity index (χ2v) is 15.4. The Kier molecular flexibility index (Phi) is 7.81. The lowest BCUT2D eigenvalue weighted by molar-refractivity contribution is 0.0122. The Balaban J connectivity index is 1.22. The van der Waals surface area contributed by atoms with Crippen molar-refractivity contribution in [1.29, 1.82) is 0 Å². The first kappa shape index (κ1) is 31.6. The van der Waals surface area contributed by atoms with Gasteiger partial charge in [-0.3, -0.25) is 0 Å². The van der Waals surface area contributed by atoms with Crippen molar-refractivity contribution >= 4 is 39.5 Å². The first-order chi connectivity index (χ1) is 22.8. The summed E-state index contributed by atoms with van der Waals surface area (Å²) in [4.78, 5) is 36.3. The normalized spacial score (nSPS) is 22.3. The molecule has 248 valence electrons. The molecule has 1 amide bonds. The topological polar surface area (TPSA) is 151 Å². The van der Waals surface area contributed by atoms with Crippen LogP contribution in [0.4, 0.5) is 4.79 Å². The Morgan fingerprint density at radius 3 is 2.42 bits per heavy atom. The Bertz CT molecular complexity index is 2140. The van der Waals surface area contributed by atoms with Gasteiger partial charge in [-0.25, -0.2) is 33.2 Å². The molecule has 0 spiro atoms. The highest BCUT2D eigenvalue weighted by molar-refractivity contribution is 7.94. The number of hydrogen-bond acceptors (Lipinski definition) is 10. The Labute approximate surface area is 278 Å². The molecule has 0 radical (unpaired) electrons. The summed E-state index contributed by atoms with van der Waals surface area (Å²) in [6, 6.07) is 5.68. The van der Waals surface area contributed by atoms with Crippen LogP contribution in [0, 0.1) is 0 Å². The van der Waals surface area contributed by atoms with Crippen molar-refractivity contribution in [1.82, 2.24) is 25.2 Å². The van der Waals surface area contributed by atoms with Crippen LogP contribution >= 0.6 is 0 Å². The van der Waals surface area contributed by atoms with Crippen LogP contribution in [0.3, 0.4) is 0 Å². The van der Waals surface area contributed by atoms with Crippen molar-refractivity contribution in [3.8, 4) is 5.88 Å². The van der Waals surface area contributed by atoms with Crippen LogP contribution < -0.4 is 20.8 Å². The van der Waals surface area contributed by atoms with Crippen LogP contribution in [0.2, 0.25) is 0 Å². The number of amides is 1. The highest BCUT2D eigenvalue weighted by atomic mass is 32.2. The molecule has 2 N–H and O–H groups in total. The van der Waals surface area contributed by atoms with E-state index < -0.39 is 21.0 Å². The summed E-state index contributed by atoms with van der Waals surface area (Å²) in [6.45, 7) is 6.57. The van der Waals surface area contributed by atoms with Crippen LogP contribution in [0.15, 0.2) is 93.0 Å². The molecule has 13 heteroatoms. The van der Waals surface area contributed by atoms with Gasteiger partial charge in [0.1, 0.15) is 28.5 Å². The highest BCUT2D eigenvalue weighted by Crippen LogP contribution is 2.39. The molecule has 5 aliphatic rings. The van der Waals surface area contributed by atoms with Gasteiger partial charge in [-0.1, -0.05) is 6.08 Å². The van der Waals surface area contributed by atoms with Crippen LogP contribution in [-0.2, 0) is 20.1 Å². The number of carbonyl (C=O) groups is 1. The average molecular weight is 668 g/mol. The van der Waals surface area contributed by atoms with Gasteiger partial charge in [-0.15, -0.1) is 0 Å². The fourth-order valence-corrected chi connectivity index (χ4v) is 7.26. The van der Waals surface area contributed by atoms with Gasteiger partial charge in [0.15, 0.2) is 9.84 Å². The lowest BCUT2D eigenvalue weighted by atomic mass is 9.91. The van der Waals surface area contributed by atoms with Gasteiger partial charge in [0, 0.05) is 55.4 Å². The van der Waals surface area contributed by atoms with Crippen LogP contribution in [0.25, 0.3) is 12.2 Å². The van der Waals surface area contributed by atoms with E-state index in [1.807, 2.05) is 69.4 Å². The quantitative estimate of drug-likeness (QED) is 0.505. The third kappa shape index (κ3) is 6.68. The van der Waals surface area contributed by atoms with Gasteiger partial charge < -0.3 is 24.7 Å². The largest absolute Gasteiger partial charge is 0.474 e. The number of fused-ring (bicyclic) bond motifs is 6. The molecule has 2 aromatic rings. The zero-order chi connectivity index (χ0) is 33.7. The molecule has 0 aliphatic carbocycles. The number of aliphatic imine (C=N–C) groups is 2. The molecular formula is C35H37N7O5S. The lowest BCUT2D eigenvalue weighted by Gasteiger charge is -2.33. The van der Waals surface area contributed by atoms with E-state index in [2.05, 4.69) is 25.3 Å². The molecule has 0 saturated carbocycles. The molecule has 1 atom stereocenters. The predicted molar refractivity (Wildman–Crippen MR) is 183 cm³/mol. The second kappa shape index (κ2) is 11.9. The summed E-state index contributed by atoms with van der Waals surface area (Å²) < 4.78 is 38.4. The fraction of sp³-hybridized carbons (Fsp3) is 0.343. The van der Waals surface area contributed by atoms with Crippen molar-refractivity contribution in [3.63, 3.8) is 0 Å². The van der Waals surface area contributed by atoms with Crippen LogP contribution in [0.5, 0.6) is 5.88 Å². The number of nitrogens with zero attached hydrogens (tertiary/aromatic N) is 5. The Hall–Kier alpha value is -5.04. The zero-order valence-electron chi connectivity index (χ0n) is 27.2. The molecule has 1 unspecified atom stereocenters. The number of hydrogen-bond donors (Lipinski definition) is 2. The number of likely N-dealkylation sites (tertiary alicyclic amines) is 1. The van der Waals surface area contributed by atoms with Gasteiger partial charge in [-0.2, -0.15) is 0 Å². The van der Waals surface area contributed by atoms with Crippen molar-refractivity contribution in [3.05, 3.63) is 99.4 Å². The van der Waals surface area contributed by atoms with Crippen molar-refractivity contribution in [2.75, 3.05) is 19.3 Å². The van der Waals surface area contributed by atoms with Gasteiger partial charge in [0.05, 0.1) is 34.2 Å². The molecule has 1 fully saturated rings. The summed E-state index contributed by atoms with van der Waals surface area (Å²) in [7, 11) is -3.72. The molecule has 48 heavy (non-hydrogen) atoms. The SMILES string of the molecule is CC(C)(C)OC(=O)N1CCC(Oc2cc(C34C=C5C=CC(=N5)C=c5ccc([nH]5)=CC5=NC(=C(S(C)(=O)=O)C(=CC3)N4)C=C5)ncn2)CC1. The molecule has 1 saturated heterocycles.